The molecule has 0 radical (unpaired) electrons. The minimum Gasteiger partial charge on any atom is -0.390 e. The Hall–Kier alpha value is -1.95. The number of hydrogen-bond acceptors (Lipinski definition) is 3. The van der Waals surface area contributed by atoms with Crippen molar-refractivity contribution in [3.63, 3.8) is 0 Å². The molecule has 5 nitrogen and oxygen atoms in total. The van der Waals surface area contributed by atoms with Gasteiger partial charge in [-0.3, -0.25) is 9.59 Å². The second-order valence-corrected chi connectivity index (χ2v) is 10.4. The number of rotatable bonds is 6. The van der Waals surface area contributed by atoms with Crippen LogP contribution in [0.4, 0.5) is 4.39 Å². The van der Waals surface area contributed by atoms with Gasteiger partial charge in [0.05, 0.1) is 5.60 Å². The van der Waals surface area contributed by atoms with E-state index in [1.165, 1.54) is 12.1 Å². The zero-order chi connectivity index (χ0) is 20.9. The van der Waals surface area contributed by atoms with Crippen LogP contribution in [0.15, 0.2) is 24.3 Å². The first-order valence-electron chi connectivity index (χ1n) is 11.4. The molecule has 1 aliphatic heterocycles. The van der Waals surface area contributed by atoms with E-state index in [1.807, 2.05) is 0 Å². The molecule has 3 atom stereocenters. The van der Waals surface area contributed by atoms with Gasteiger partial charge in [0, 0.05) is 24.4 Å². The van der Waals surface area contributed by atoms with Gasteiger partial charge in [-0.2, -0.15) is 0 Å². The predicted octanol–water partition coefficient (Wildman–Crippen LogP) is 2.85. The quantitative estimate of drug-likeness (QED) is 0.670. The van der Waals surface area contributed by atoms with Crippen LogP contribution in [-0.4, -0.2) is 34.1 Å². The highest BCUT2D eigenvalue weighted by atomic mass is 19.1. The minimum absolute atomic E-state index is 0.0202. The Morgan fingerprint density at radius 2 is 1.87 bits per heavy atom. The lowest BCUT2D eigenvalue weighted by atomic mass is 9.52. The summed E-state index contributed by atoms with van der Waals surface area (Å²) in [5.41, 5.74) is 0.0320. The first kappa shape index (κ1) is 20.0. The number of aliphatic hydroxyl groups is 1. The molecule has 4 saturated carbocycles. The third-order valence-corrected chi connectivity index (χ3v) is 8.09. The predicted molar refractivity (Wildman–Crippen MR) is 110 cm³/mol. The normalized spacial score (nSPS) is 39.2. The number of benzene rings is 1. The summed E-state index contributed by atoms with van der Waals surface area (Å²) >= 11 is 0. The zero-order valence-corrected chi connectivity index (χ0v) is 17.3. The fourth-order valence-corrected chi connectivity index (χ4v) is 7.00. The van der Waals surface area contributed by atoms with E-state index in [9.17, 15) is 19.1 Å². The highest BCUT2D eigenvalue weighted by Crippen LogP contribution is 2.55. The van der Waals surface area contributed by atoms with E-state index >= 15 is 0 Å². The SMILES string of the molecule is O=C(CC[C@@]1(Cc2ccc(F)cc2)CCC(=O)N1)NC1[C@H]2CC3C[C@H]1CC(O)(C3)C2. The van der Waals surface area contributed by atoms with Crippen LogP contribution >= 0.6 is 0 Å². The van der Waals surface area contributed by atoms with Gasteiger partial charge < -0.3 is 15.7 Å². The first-order chi connectivity index (χ1) is 14.3. The van der Waals surface area contributed by atoms with Crippen LogP contribution in [0.1, 0.15) is 63.4 Å². The van der Waals surface area contributed by atoms with E-state index in [0.29, 0.717) is 49.9 Å². The van der Waals surface area contributed by atoms with Crippen LogP contribution in [0.25, 0.3) is 0 Å². The van der Waals surface area contributed by atoms with Gasteiger partial charge in [0.2, 0.25) is 11.8 Å². The molecular formula is C24H31FN2O3. The molecule has 162 valence electrons. The lowest BCUT2D eigenvalue weighted by Gasteiger charge is -2.58. The minimum atomic E-state index is -0.495. The van der Waals surface area contributed by atoms with Gasteiger partial charge in [-0.15, -0.1) is 0 Å². The van der Waals surface area contributed by atoms with Gasteiger partial charge in [-0.05, 0) is 86.8 Å². The van der Waals surface area contributed by atoms with E-state index in [1.54, 1.807) is 12.1 Å². The number of halogens is 1. The molecule has 30 heavy (non-hydrogen) atoms. The van der Waals surface area contributed by atoms with Crippen LogP contribution in [0.5, 0.6) is 0 Å². The molecule has 0 aromatic heterocycles. The Labute approximate surface area is 176 Å². The smallest absolute Gasteiger partial charge is 0.220 e. The third kappa shape index (κ3) is 3.86. The van der Waals surface area contributed by atoms with Crippen LogP contribution < -0.4 is 10.6 Å². The van der Waals surface area contributed by atoms with Crippen molar-refractivity contribution in [1.82, 2.24) is 10.6 Å². The van der Waals surface area contributed by atoms with E-state index in [0.717, 1.165) is 37.7 Å². The average Bonchev–Trinajstić information content (AvgIpc) is 3.04. The summed E-state index contributed by atoms with van der Waals surface area (Å²) in [4.78, 5) is 24.8. The van der Waals surface area contributed by atoms with Crippen LogP contribution in [0, 0.1) is 23.6 Å². The maximum Gasteiger partial charge on any atom is 0.220 e. The van der Waals surface area contributed by atoms with Crippen molar-refractivity contribution in [2.45, 2.75) is 81.4 Å². The van der Waals surface area contributed by atoms with E-state index < -0.39 is 11.1 Å². The Bertz CT molecular complexity index is 825. The number of hydrogen-bond donors (Lipinski definition) is 3. The summed E-state index contributed by atoms with van der Waals surface area (Å²) in [6, 6.07) is 6.56. The highest BCUT2D eigenvalue weighted by Gasteiger charge is 2.55. The van der Waals surface area contributed by atoms with E-state index in [2.05, 4.69) is 10.6 Å². The molecule has 0 unspecified atom stereocenters. The monoisotopic (exact) mass is 414 g/mol. The van der Waals surface area contributed by atoms with Crippen molar-refractivity contribution < 1.29 is 19.1 Å². The van der Waals surface area contributed by atoms with Crippen molar-refractivity contribution in [2.75, 3.05) is 0 Å². The summed E-state index contributed by atoms with van der Waals surface area (Å²) in [5.74, 6) is 1.19. The second-order valence-electron chi connectivity index (χ2n) is 10.4. The van der Waals surface area contributed by atoms with Gasteiger partial charge >= 0.3 is 0 Å². The average molecular weight is 415 g/mol. The maximum absolute atomic E-state index is 13.2. The van der Waals surface area contributed by atoms with Crippen molar-refractivity contribution in [3.05, 3.63) is 35.6 Å². The number of carbonyl (C=O) groups excluding carboxylic acids is 2. The lowest BCUT2D eigenvalue weighted by molar-refractivity contribution is -0.146. The van der Waals surface area contributed by atoms with Gasteiger partial charge in [0.15, 0.2) is 0 Å². The highest BCUT2D eigenvalue weighted by molar-refractivity contribution is 5.80. The lowest BCUT2D eigenvalue weighted by Crippen LogP contribution is -2.61. The molecule has 0 spiro atoms. The maximum atomic E-state index is 13.2. The second kappa shape index (κ2) is 7.33. The zero-order valence-electron chi connectivity index (χ0n) is 17.3. The molecular weight excluding hydrogens is 383 g/mol. The molecule has 6 heteroatoms. The first-order valence-corrected chi connectivity index (χ1v) is 11.4. The molecule has 6 rings (SSSR count). The molecule has 1 heterocycles. The van der Waals surface area contributed by atoms with Crippen molar-refractivity contribution >= 4 is 11.8 Å². The van der Waals surface area contributed by atoms with Crippen LogP contribution in [-0.2, 0) is 16.0 Å². The molecule has 4 aliphatic carbocycles. The molecule has 1 aromatic carbocycles. The molecule has 5 aliphatic rings. The molecule has 5 fully saturated rings. The summed E-state index contributed by atoms with van der Waals surface area (Å²) in [6.07, 6.45) is 7.52. The number of nitrogens with one attached hydrogen (secondary N) is 2. The van der Waals surface area contributed by atoms with Crippen LogP contribution in [0.2, 0.25) is 0 Å². The van der Waals surface area contributed by atoms with E-state index in [4.69, 9.17) is 0 Å². The summed E-state index contributed by atoms with van der Waals surface area (Å²) in [7, 11) is 0. The Balaban J connectivity index is 1.21. The van der Waals surface area contributed by atoms with Crippen molar-refractivity contribution in [1.29, 1.82) is 0 Å². The molecule has 2 amide bonds. The van der Waals surface area contributed by atoms with Gasteiger partial charge in [0.25, 0.3) is 0 Å². The fourth-order valence-electron chi connectivity index (χ4n) is 7.00. The molecule has 1 saturated heterocycles. The van der Waals surface area contributed by atoms with Crippen LogP contribution in [0.3, 0.4) is 0 Å². The summed E-state index contributed by atoms with van der Waals surface area (Å²) in [5, 5.41) is 17.1. The molecule has 4 bridgehead atoms. The van der Waals surface area contributed by atoms with Gasteiger partial charge in [-0.1, -0.05) is 12.1 Å². The van der Waals surface area contributed by atoms with Gasteiger partial charge in [0.1, 0.15) is 5.82 Å². The largest absolute Gasteiger partial charge is 0.390 e. The standard InChI is InChI=1S/C24H31FN2O3/c25-19-3-1-15(2-4-19)11-23(8-6-21(29)27-23)7-5-20(28)26-22-17-9-16-10-18(22)14-24(30,12-16)13-17/h1-4,16-18,22,30H,5-14H2,(H,26,28)(H,27,29)/t16?,17-,18-,22?,23-,24?/m0/s1. The Morgan fingerprint density at radius 1 is 1.17 bits per heavy atom. The van der Waals surface area contributed by atoms with E-state index in [-0.39, 0.29) is 23.7 Å². The number of amides is 2. The third-order valence-electron chi connectivity index (χ3n) is 8.09. The van der Waals surface area contributed by atoms with Crippen molar-refractivity contribution in [2.24, 2.45) is 17.8 Å². The molecule has 3 N–H and O–H groups in total. The Morgan fingerprint density at radius 3 is 2.47 bits per heavy atom. The Kier molecular flexibility index (Phi) is 4.88. The summed E-state index contributed by atoms with van der Waals surface area (Å²) in [6.45, 7) is 0. The van der Waals surface area contributed by atoms with Gasteiger partial charge in [-0.25, -0.2) is 4.39 Å². The summed E-state index contributed by atoms with van der Waals surface area (Å²) < 4.78 is 13.2. The fraction of sp³-hybridized carbons (Fsp3) is 0.667. The topological polar surface area (TPSA) is 78.4 Å². The molecule has 1 aromatic rings. The van der Waals surface area contributed by atoms with Crippen molar-refractivity contribution in [3.8, 4) is 0 Å². The number of carbonyl (C=O) groups is 2.